The molecule has 1 amide bonds. The molecule has 150 valence electrons. The normalized spacial score (nSPS) is 15.5. The van der Waals surface area contributed by atoms with Gasteiger partial charge in [-0.2, -0.15) is 5.10 Å². The summed E-state index contributed by atoms with van der Waals surface area (Å²) in [6.45, 7) is 6.57. The Kier molecular flexibility index (Phi) is 5.49. The largest absolute Gasteiger partial charge is 0.444 e. The van der Waals surface area contributed by atoms with Gasteiger partial charge in [0.15, 0.2) is 17.9 Å². The lowest BCUT2D eigenvalue weighted by Gasteiger charge is -2.33. The first-order chi connectivity index (χ1) is 13.2. The van der Waals surface area contributed by atoms with Crippen LogP contribution in [-0.4, -0.2) is 45.8 Å². The van der Waals surface area contributed by atoms with Crippen molar-refractivity contribution in [1.29, 1.82) is 0 Å². The third kappa shape index (κ3) is 4.37. The van der Waals surface area contributed by atoms with Crippen molar-refractivity contribution in [3.63, 3.8) is 0 Å². The number of amides is 1. The zero-order valence-electron chi connectivity index (χ0n) is 16.1. The smallest absolute Gasteiger partial charge is 0.410 e. The van der Waals surface area contributed by atoms with Crippen LogP contribution in [0.25, 0.3) is 11.1 Å². The lowest BCUT2D eigenvalue weighted by Crippen LogP contribution is -2.42. The highest BCUT2D eigenvalue weighted by Crippen LogP contribution is 2.28. The number of carbonyl (C=O) groups is 2. The van der Waals surface area contributed by atoms with E-state index in [-0.39, 0.29) is 17.7 Å². The van der Waals surface area contributed by atoms with Crippen molar-refractivity contribution in [3.8, 4) is 11.1 Å². The maximum Gasteiger partial charge on any atom is 0.410 e. The van der Waals surface area contributed by atoms with Crippen LogP contribution in [0.5, 0.6) is 0 Å². The van der Waals surface area contributed by atoms with Crippen molar-refractivity contribution in [3.05, 3.63) is 41.7 Å². The van der Waals surface area contributed by atoms with Gasteiger partial charge in [-0.3, -0.25) is 9.48 Å². The highest BCUT2D eigenvalue weighted by molar-refractivity contribution is 5.87. The summed E-state index contributed by atoms with van der Waals surface area (Å²) in [7, 11) is 0. The van der Waals surface area contributed by atoms with E-state index < -0.39 is 17.2 Å². The molecule has 0 bridgehead atoms. The first-order valence-electron chi connectivity index (χ1n) is 9.14. The van der Waals surface area contributed by atoms with Crippen molar-refractivity contribution < 1.29 is 23.1 Å². The number of benzene rings is 1. The number of aromatic nitrogens is 2. The molecule has 1 aliphatic heterocycles. The number of ether oxygens (including phenoxy) is 1. The van der Waals surface area contributed by atoms with E-state index in [4.69, 9.17) is 4.74 Å². The summed E-state index contributed by atoms with van der Waals surface area (Å²) in [4.78, 5) is 25.0. The molecular weight excluding hydrogens is 368 g/mol. The van der Waals surface area contributed by atoms with Crippen LogP contribution in [0, 0.1) is 11.6 Å². The number of piperidine rings is 1. The number of halogens is 2. The molecule has 6 nitrogen and oxygen atoms in total. The van der Waals surface area contributed by atoms with E-state index in [0.29, 0.717) is 43.3 Å². The van der Waals surface area contributed by atoms with E-state index in [1.165, 1.54) is 6.20 Å². The minimum Gasteiger partial charge on any atom is -0.444 e. The Balaban J connectivity index is 1.70. The molecule has 0 N–H and O–H groups in total. The Morgan fingerprint density at radius 1 is 1.21 bits per heavy atom. The summed E-state index contributed by atoms with van der Waals surface area (Å²) >= 11 is 0. The molecule has 3 rings (SSSR count). The molecule has 2 aromatic rings. The average molecular weight is 391 g/mol. The maximum atomic E-state index is 13.6. The van der Waals surface area contributed by atoms with E-state index in [1.807, 2.05) is 20.8 Å². The Hall–Kier alpha value is -2.77. The third-order valence-electron chi connectivity index (χ3n) is 4.62. The van der Waals surface area contributed by atoms with E-state index in [9.17, 15) is 18.4 Å². The van der Waals surface area contributed by atoms with Gasteiger partial charge in [-0.1, -0.05) is 0 Å². The lowest BCUT2D eigenvalue weighted by molar-refractivity contribution is 0.0184. The molecule has 1 aromatic heterocycles. The van der Waals surface area contributed by atoms with Gasteiger partial charge in [-0.25, -0.2) is 13.6 Å². The fourth-order valence-electron chi connectivity index (χ4n) is 3.23. The Morgan fingerprint density at radius 3 is 2.46 bits per heavy atom. The van der Waals surface area contributed by atoms with Crippen LogP contribution in [-0.2, 0) is 4.74 Å². The van der Waals surface area contributed by atoms with E-state index in [1.54, 1.807) is 15.8 Å². The quantitative estimate of drug-likeness (QED) is 0.735. The van der Waals surface area contributed by atoms with Gasteiger partial charge in [-0.05, 0) is 51.3 Å². The highest BCUT2D eigenvalue weighted by Gasteiger charge is 2.28. The molecule has 1 aromatic carbocycles. The molecule has 2 heterocycles. The first-order valence-corrected chi connectivity index (χ1v) is 9.14. The standard InChI is InChI=1S/C20H23F2N3O3/c1-20(2,3)28-19(27)24-6-4-15(5-7-24)25-11-14(10-23-25)16-9-18(22)17(21)8-13(16)12-26/h8-12,15H,4-7H2,1-3H3. The zero-order valence-corrected chi connectivity index (χ0v) is 16.1. The van der Waals surface area contributed by atoms with Crippen molar-refractivity contribution in [2.24, 2.45) is 0 Å². The second-order valence-electron chi connectivity index (χ2n) is 7.88. The zero-order chi connectivity index (χ0) is 20.5. The monoisotopic (exact) mass is 391 g/mol. The molecule has 28 heavy (non-hydrogen) atoms. The molecule has 1 saturated heterocycles. The van der Waals surface area contributed by atoms with Gasteiger partial charge in [0.1, 0.15) is 5.60 Å². The number of aldehydes is 1. The minimum atomic E-state index is -1.06. The van der Waals surface area contributed by atoms with Crippen molar-refractivity contribution in [2.45, 2.75) is 45.3 Å². The summed E-state index contributed by atoms with van der Waals surface area (Å²) < 4.78 is 34.1. The molecule has 0 saturated carbocycles. The van der Waals surface area contributed by atoms with E-state index >= 15 is 0 Å². The number of hydrogen-bond donors (Lipinski definition) is 0. The second kappa shape index (κ2) is 7.69. The summed E-state index contributed by atoms with van der Waals surface area (Å²) in [6, 6.07) is 1.96. The van der Waals surface area contributed by atoms with E-state index in [2.05, 4.69) is 5.10 Å². The molecular formula is C20H23F2N3O3. The van der Waals surface area contributed by atoms with Crippen molar-refractivity contribution >= 4 is 12.4 Å². The predicted molar refractivity (Wildman–Crippen MR) is 99.0 cm³/mol. The van der Waals surface area contributed by atoms with Crippen LogP contribution in [0.3, 0.4) is 0 Å². The van der Waals surface area contributed by atoms with Crippen LogP contribution in [0.4, 0.5) is 13.6 Å². The maximum absolute atomic E-state index is 13.6. The number of likely N-dealkylation sites (tertiary alicyclic amines) is 1. The number of hydrogen-bond acceptors (Lipinski definition) is 4. The number of carbonyl (C=O) groups excluding carboxylic acids is 2. The van der Waals surface area contributed by atoms with Gasteiger partial charge in [-0.15, -0.1) is 0 Å². The van der Waals surface area contributed by atoms with Crippen LogP contribution >= 0.6 is 0 Å². The number of rotatable bonds is 3. The van der Waals surface area contributed by atoms with Crippen LogP contribution in [0.2, 0.25) is 0 Å². The van der Waals surface area contributed by atoms with E-state index in [0.717, 1.165) is 12.1 Å². The van der Waals surface area contributed by atoms with Gasteiger partial charge in [0.05, 0.1) is 12.2 Å². The van der Waals surface area contributed by atoms with Gasteiger partial charge in [0.25, 0.3) is 0 Å². The molecule has 8 heteroatoms. The molecule has 1 fully saturated rings. The average Bonchev–Trinajstić information content (AvgIpc) is 3.12. The molecule has 0 spiro atoms. The summed E-state index contributed by atoms with van der Waals surface area (Å²) in [5.41, 5.74) is 0.367. The van der Waals surface area contributed by atoms with Crippen LogP contribution in [0.1, 0.15) is 50.0 Å². The Bertz CT molecular complexity index is 881. The summed E-state index contributed by atoms with van der Waals surface area (Å²) in [5.74, 6) is -2.08. The number of nitrogens with zero attached hydrogens (tertiary/aromatic N) is 3. The van der Waals surface area contributed by atoms with Gasteiger partial charge < -0.3 is 9.64 Å². The molecule has 0 unspecified atom stereocenters. The lowest BCUT2D eigenvalue weighted by atomic mass is 10.0. The summed E-state index contributed by atoms with van der Waals surface area (Å²) in [6.07, 6.45) is 4.80. The topological polar surface area (TPSA) is 64.4 Å². The summed E-state index contributed by atoms with van der Waals surface area (Å²) in [5, 5.41) is 4.32. The Morgan fingerprint density at radius 2 is 1.86 bits per heavy atom. The van der Waals surface area contributed by atoms with Gasteiger partial charge >= 0.3 is 6.09 Å². The van der Waals surface area contributed by atoms with Crippen molar-refractivity contribution in [2.75, 3.05) is 13.1 Å². The molecule has 0 radical (unpaired) electrons. The SMILES string of the molecule is CC(C)(C)OC(=O)N1CCC(n2cc(-c3cc(F)c(F)cc3C=O)cn2)CC1. The van der Waals surface area contributed by atoms with Crippen LogP contribution < -0.4 is 0 Å². The Labute approximate surface area is 162 Å². The molecule has 1 aliphatic rings. The first kappa shape index (κ1) is 20.0. The molecule has 0 atom stereocenters. The van der Waals surface area contributed by atoms with Crippen LogP contribution in [0.15, 0.2) is 24.5 Å². The molecule has 0 aliphatic carbocycles. The highest BCUT2D eigenvalue weighted by atomic mass is 19.2. The van der Waals surface area contributed by atoms with Crippen molar-refractivity contribution in [1.82, 2.24) is 14.7 Å². The minimum absolute atomic E-state index is 0.0670. The second-order valence-corrected chi connectivity index (χ2v) is 7.88. The fraction of sp³-hybridized carbons (Fsp3) is 0.450. The predicted octanol–water partition coefficient (Wildman–Crippen LogP) is 4.21. The third-order valence-corrected chi connectivity index (χ3v) is 4.62. The van der Waals surface area contributed by atoms with Gasteiger partial charge in [0.2, 0.25) is 0 Å². The van der Waals surface area contributed by atoms with Gasteiger partial charge in [0, 0.05) is 30.4 Å². The fourth-order valence-corrected chi connectivity index (χ4v) is 3.23.